The summed E-state index contributed by atoms with van der Waals surface area (Å²) >= 11 is 0. The molecule has 0 atom stereocenters. The summed E-state index contributed by atoms with van der Waals surface area (Å²) in [6, 6.07) is 4.74. The maximum atomic E-state index is 13.0. The molecule has 0 aliphatic heterocycles. The van der Waals surface area contributed by atoms with E-state index in [0.717, 1.165) is 3.97 Å². The van der Waals surface area contributed by atoms with E-state index in [4.69, 9.17) is 9.47 Å². The summed E-state index contributed by atoms with van der Waals surface area (Å²) in [4.78, 5) is 11.7. The molecule has 2 heterocycles. The van der Waals surface area contributed by atoms with Crippen LogP contribution in [0.15, 0.2) is 41.9 Å². The molecule has 2 aromatic heterocycles. The predicted octanol–water partition coefficient (Wildman–Crippen LogP) is 1.08. The molecule has 0 aliphatic rings. The van der Waals surface area contributed by atoms with E-state index < -0.39 is 10.0 Å². The van der Waals surface area contributed by atoms with Crippen molar-refractivity contribution in [3.63, 3.8) is 0 Å². The van der Waals surface area contributed by atoms with Crippen LogP contribution in [0.2, 0.25) is 0 Å². The lowest BCUT2D eigenvalue weighted by Crippen LogP contribution is -2.14. The second-order valence-corrected chi connectivity index (χ2v) is 6.02. The maximum absolute atomic E-state index is 13.0. The summed E-state index contributed by atoms with van der Waals surface area (Å²) in [6.07, 6.45) is 3.87. The molecule has 1 aromatic carbocycles. The highest BCUT2D eigenvalue weighted by Gasteiger charge is 2.28. The summed E-state index contributed by atoms with van der Waals surface area (Å²) < 4.78 is 37.3. The quantitative estimate of drug-likeness (QED) is 0.709. The molecule has 0 N–H and O–H groups in total. The highest BCUT2D eigenvalue weighted by molar-refractivity contribution is 7.90. The molecular formula is C13H12N4O4S. The molecule has 3 rings (SSSR count). The van der Waals surface area contributed by atoms with Crippen molar-refractivity contribution in [3.8, 4) is 11.5 Å². The van der Waals surface area contributed by atoms with Gasteiger partial charge in [0.2, 0.25) is 0 Å². The monoisotopic (exact) mass is 320 g/mol. The molecule has 0 saturated heterocycles. The van der Waals surface area contributed by atoms with Gasteiger partial charge in [0.15, 0.2) is 10.5 Å². The number of benzene rings is 1. The first-order valence-electron chi connectivity index (χ1n) is 6.19. The Morgan fingerprint density at radius 1 is 1.09 bits per heavy atom. The van der Waals surface area contributed by atoms with Crippen molar-refractivity contribution in [1.82, 2.24) is 18.9 Å². The van der Waals surface area contributed by atoms with Gasteiger partial charge >= 0.3 is 0 Å². The minimum absolute atomic E-state index is 0.0804. The average molecular weight is 320 g/mol. The van der Waals surface area contributed by atoms with Crippen LogP contribution < -0.4 is 9.47 Å². The van der Waals surface area contributed by atoms with E-state index >= 15 is 0 Å². The standard InChI is InChI=1S/C13H12N4O4S/c1-20-10-4-3-5-11(21-2)12(10)22(18,19)17-8-16-13-9(17)6-14-7-15-13/h3-8H,1-2H3. The van der Waals surface area contributed by atoms with Crippen LogP contribution in [0.4, 0.5) is 0 Å². The Kier molecular flexibility index (Phi) is 3.41. The summed E-state index contributed by atoms with van der Waals surface area (Å²) in [5.41, 5.74) is 0.558. The predicted molar refractivity (Wildman–Crippen MR) is 77.5 cm³/mol. The number of fused-ring (bicyclic) bond motifs is 1. The molecule has 0 fully saturated rings. The van der Waals surface area contributed by atoms with Gasteiger partial charge in [0, 0.05) is 0 Å². The summed E-state index contributed by atoms with van der Waals surface area (Å²) in [5.74, 6) is 0.357. The fourth-order valence-electron chi connectivity index (χ4n) is 2.10. The SMILES string of the molecule is COc1cccc(OC)c1S(=O)(=O)n1cnc2ncncc21. The van der Waals surface area contributed by atoms with Crippen LogP contribution in [-0.2, 0) is 10.0 Å². The Hall–Kier alpha value is -2.68. The van der Waals surface area contributed by atoms with Crippen molar-refractivity contribution in [3.05, 3.63) is 37.1 Å². The molecule has 0 unspecified atom stereocenters. The molecule has 0 aliphatic carbocycles. The number of hydrogen-bond acceptors (Lipinski definition) is 7. The van der Waals surface area contributed by atoms with Gasteiger partial charge in [0.05, 0.1) is 20.4 Å². The van der Waals surface area contributed by atoms with E-state index in [1.54, 1.807) is 18.2 Å². The van der Waals surface area contributed by atoms with E-state index in [9.17, 15) is 8.42 Å². The summed E-state index contributed by atoms with van der Waals surface area (Å²) in [6.45, 7) is 0. The van der Waals surface area contributed by atoms with Gasteiger partial charge in [-0.05, 0) is 12.1 Å². The van der Waals surface area contributed by atoms with E-state index in [-0.39, 0.29) is 27.6 Å². The minimum Gasteiger partial charge on any atom is -0.495 e. The fourth-order valence-corrected chi connectivity index (χ4v) is 3.67. The van der Waals surface area contributed by atoms with E-state index in [1.807, 2.05) is 0 Å². The number of imidazole rings is 1. The first kappa shape index (κ1) is 14.3. The number of aromatic nitrogens is 4. The third kappa shape index (κ3) is 2.06. The highest BCUT2D eigenvalue weighted by Crippen LogP contribution is 2.35. The molecule has 8 nitrogen and oxygen atoms in total. The zero-order valence-electron chi connectivity index (χ0n) is 11.8. The Bertz CT molecular complexity index is 914. The fraction of sp³-hybridized carbons (Fsp3) is 0.154. The number of nitrogens with zero attached hydrogens (tertiary/aromatic N) is 4. The molecule has 22 heavy (non-hydrogen) atoms. The van der Waals surface area contributed by atoms with Gasteiger partial charge in [0.25, 0.3) is 10.0 Å². The van der Waals surface area contributed by atoms with Crippen LogP contribution in [0, 0.1) is 0 Å². The molecule has 0 radical (unpaired) electrons. The number of ether oxygens (including phenoxy) is 2. The van der Waals surface area contributed by atoms with Gasteiger partial charge in [-0.2, -0.15) is 0 Å². The van der Waals surface area contributed by atoms with Gasteiger partial charge < -0.3 is 9.47 Å². The zero-order valence-corrected chi connectivity index (χ0v) is 12.6. The Balaban J connectivity index is 2.32. The first-order chi connectivity index (χ1) is 10.6. The highest BCUT2D eigenvalue weighted by atomic mass is 32.2. The number of hydrogen-bond donors (Lipinski definition) is 0. The lowest BCUT2D eigenvalue weighted by atomic mass is 10.3. The largest absolute Gasteiger partial charge is 0.495 e. The summed E-state index contributed by atoms with van der Waals surface area (Å²) in [7, 11) is -1.20. The van der Waals surface area contributed by atoms with E-state index in [2.05, 4.69) is 15.0 Å². The maximum Gasteiger partial charge on any atom is 0.277 e. The molecule has 0 saturated carbocycles. The first-order valence-corrected chi connectivity index (χ1v) is 7.63. The normalized spacial score (nSPS) is 11.5. The van der Waals surface area contributed by atoms with Crippen LogP contribution in [0.3, 0.4) is 0 Å². The minimum atomic E-state index is -3.98. The van der Waals surface area contributed by atoms with Crippen LogP contribution in [0.5, 0.6) is 11.5 Å². The van der Waals surface area contributed by atoms with Crippen molar-refractivity contribution in [2.75, 3.05) is 14.2 Å². The average Bonchev–Trinajstić information content (AvgIpc) is 2.98. The lowest BCUT2D eigenvalue weighted by Gasteiger charge is -2.14. The third-order valence-corrected chi connectivity index (χ3v) is 4.82. The van der Waals surface area contributed by atoms with Crippen LogP contribution >= 0.6 is 0 Å². The molecule has 0 amide bonds. The smallest absolute Gasteiger partial charge is 0.277 e. The second kappa shape index (κ2) is 5.26. The number of rotatable bonds is 4. The van der Waals surface area contributed by atoms with Gasteiger partial charge in [-0.1, -0.05) is 6.07 Å². The van der Waals surface area contributed by atoms with Crippen molar-refractivity contribution < 1.29 is 17.9 Å². The van der Waals surface area contributed by atoms with E-state index in [0.29, 0.717) is 0 Å². The molecule has 114 valence electrons. The third-order valence-electron chi connectivity index (χ3n) is 3.09. The molecule has 0 bridgehead atoms. The lowest BCUT2D eigenvalue weighted by molar-refractivity contribution is 0.373. The Labute approximate surface area is 126 Å². The van der Waals surface area contributed by atoms with Crippen molar-refractivity contribution in [2.45, 2.75) is 4.90 Å². The molecule has 3 aromatic rings. The van der Waals surface area contributed by atoms with Crippen LogP contribution in [-0.4, -0.2) is 41.6 Å². The molecule has 9 heteroatoms. The van der Waals surface area contributed by atoms with Crippen molar-refractivity contribution in [2.24, 2.45) is 0 Å². The van der Waals surface area contributed by atoms with Gasteiger partial charge in [0.1, 0.15) is 29.7 Å². The Morgan fingerprint density at radius 2 is 1.77 bits per heavy atom. The zero-order chi connectivity index (χ0) is 15.7. The van der Waals surface area contributed by atoms with Crippen molar-refractivity contribution >= 4 is 21.2 Å². The topological polar surface area (TPSA) is 96.2 Å². The van der Waals surface area contributed by atoms with Crippen LogP contribution in [0.1, 0.15) is 0 Å². The number of methoxy groups -OCH3 is 2. The second-order valence-electron chi connectivity index (χ2n) is 4.27. The molecule has 0 spiro atoms. The van der Waals surface area contributed by atoms with Crippen molar-refractivity contribution in [1.29, 1.82) is 0 Å². The van der Waals surface area contributed by atoms with Gasteiger partial charge in [-0.3, -0.25) is 0 Å². The van der Waals surface area contributed by atoms with E-state index in [1.165, 1.54) is 33.1 Å². The molecular weight excluding hydrogens is 308 g/mol. The van der Waals surface area contributed by atoms with Gasteiger partial charge in [-0.15, -0.1) is 0 Å². The van der Waals surface area contributed by atoms with Crippen LogP contribution in [0.25, 0.3) is 11.2 Å². The van der Waals surface area contributed by atoms with Gasteiger partial charge in [-0.25, -0.2) is 27.3 Å². The Morgan fingerprint density at radius 3 is 2.41 bits per heavy atom. The summed E-state index contributed by atoms with van der Waals surface area (Å²) in [5, 5.41) is 0.